The van der Waals surface area contributed by atoms with Crippen LogP contribution in [0.4, 0.5) is 8.78 Å². The van der Waals surface area contributed by atoms with Gasteiger partial charge in [-0.15, -0.1) is 0 Å². The zero-order valence-electron chi connectivity index (χ0n) is 12.3. The van der Waals surface area contributed by atoms with Crippen LogP contribution in [0.15, 0.2) is 48.5 Å². The van der Waals surface area contributed by atoms with E-state index in [-0.39, 0.29) is 18.7 Å². The van der Waals surface area contributed by atoms with E-state index in [1.807, 2.05) is 0 Å². The molecule has 0 fully saturated rings. The maximum atomic E-state index is 13.1. The van der Waals surface area contributed by atoms with Gasteiger partial charge in [-0.2, -0.15) is 0 Å². The molecule has 2 amide bonds. The average Bonchev–Trinajstić information content (AvgIpc) is 2.48. The zero-order valence-corrected chi connectivity index (χ0v) is 12.3. The van der Waals surface area contributed by atoms with Gasteiger partial charge >= 0.3 is 0 Å². The van der Waals surface area contributed by atoms with E-state index in [1.165, 1.54) is 42.5 Å². The van der Waals surface area contributed by atoms with Crippen LogP contribution in [0, 0.1) is 11.6 Å². The molecule has 0 aliphatic carbocycles. The highest BCUT2D eigenvalue weighted by Gasteiger charge is 2.18. The molecule has 0 radical (unpaired) electrons. The minimum Gasteiger partial charge on any atom is -0.368 e. The second-order valence-corrected chi connectivity index (χ2v) is 5.16. The molecule has 0 saturated carbocycles. The molecule has 0 unspecified atom stereocenters. The van der Waals surface area contributed by atoms with Crippen molar-refractivity contribution in [3.8, 4) is 0 Å². The first-order valence-corrected chi connectivity index (χ1v) is 7.01. The molecule has 3 N–H and O–H groups in total. The van der Waals surface area contributed by atoms with E-state index in [0.29, 0.717) is 11.1 Å². The first-order valence-electron chi connectivity index (χ1n) is 7.01. The van der Waals surface area contributed by atoms with Crippen molar-refractivity contribution in [2.45, 2.75) is 18.9 Å². The molecule has 1 atom stereocenters. The van der Waals surface area contributed by atoms with Gasteiger partial charge in [0.1, 0.15) is 17.7 Å². The molecule has 4 nitrogen and oxygen atoms in total. The van der Waals surface area contributed by atoms with Gasteiger partial charge in [-0.05, 0) is 35.4 Å². The summed E-state index contributed by atoms with van der Waals surface area (Å²) in [4.78, 5) is 23.5. The number of hydrogen-bond donors (Lipinski definition) is 2. The lowest BCUT2D eigenvalue weighted by molar-refractivity contribution is -0.127. The summed E-state index contributed by atoms with van der Waals surface area (Å²) in [5.74, 6) is -1.96. The molecule has 0 spiro atoms. The minimum absolute atomic E-state index is 0.0645. The average molecular weight is 318 g/mol. The Kier molecular flexibility index (Phi) is 5.41. The van der Waals surface area contributed by atoms with E-state index >= 15 is 0 Å². The van der Waals surface area contributed by atoms with Gasteiger partial charge in [0.25, 0.3) is 0 Å². The summed E-state index contributed by atoms with van der Waals surface area (Å²) in [6.45, 7) is 0. The van der Waals surface area contributed by atoms with Crippen molar-refractivity contribution in [1.82, 2.24) is 5.32 Å². The molecule has 0 aliphatic heterocycles. The summed E-state index contributed by atoms with van der Waals surface area (Å²) in [6, 6.07) is 10.3. The molecule has 120 valence electrons. The number of amides is 2. The number of rotatable bonds is 6. The summed E-state index contributed by atoms with van der Waals surface area (Å²) in [5.41, 5.74) is 6.45. The Hall–Kier alpha value is -2.76. The smallest absolute Gasteiger partial charge is 0.240 e. The number of primary amides is 1. The largest absolute Gasteiger partial charge is 0.368 e. The lowest BCUT2D eigenvalue weighted by atomic mass is 10.0. The summed E-state index contributed by atoms with van der Waals surface area (Å²) in [5, 5.41) is 2.52. The number of benzene rings is 2. The number of nitrogens with one attached hydrogen (secondary N) is 1. The Balaban J connectivity index is 1.99. The fraction of sp³-hybridized carbons (Fsp3) is 0.176. The second kappa shape index (κ2) is 7.49. The van der Waals surface area contributed by atoms with Crippen LogP contribution in [0.2, 0.25) is 0 Å². The third-order valence-electron chi connectivity index (χ3n) is 3.29. The third-order valence-corrected chi connectivity index (χ3v) is 3.29. The SMILES string of the molecule is NC(=O)[C@@H](Cc1ccc(F)cc1)NC(=O)Cc1cccc(F)c1. The summed E-state index contributed by atoms with van der Waals surface area (Å²) in [6.07, 6.45) is 0.0927. The van der Waals surface area contributed by atoms with E-state index < -0.39 is 23.7 Å². The maximum Gasteiger partial charge on any atom is 0.240 e. The van der Waals surface area contributed by atoms with Gasteiger partial charge in [-0.1, -0.05) is 24.3 Å². The van der Waals surface area contributed by atoms with Gasteiger partial charge in [-0.25, -0.2) is 8.78 Å². The highest BCUT2D eigenvalue weighted by Crippen LogP contribution is 2.07. The number of halogens is 2. The van der Waals surface area contributed by atoms with Gasteiger partial charge in [0, 0.05) is 6.42 Å². The molecule has 0 aliphatic rings. The van der Waals surface area contributed by atoms with E-state index in [4.69, 9.17) is 5.73 Å². The van der Waals surface area contributed by atoms with Gasteiger partial charge in [-0.3, -0.25) is 9.59 Å². The van der Waals surface area contributed by atoms with Crippen LogP contribution in [0.3, 0.4) is 0 Å². The Morgan fingerprint density at radius 2 is 1.70 bits per heavy atom. The van der Waals surface area contributed by atoms with Crippen LogP contribution in [0.5, 0.6) is 0 Å². The van der Waals surface area contributed by atoms with E-state index in [9.17, 15) is 18.4 Å². The number of carbonyl (C=O) groups is 2. The normalized spacial score (nSPS) is 11.7. The van der Waals surface area contributed by atoms with E-state index in [0.717, 1.165) is 0 Å². The van der Waals surface area contributed by atoms with Gasteiger partial charge in [0.05, 0.1) is 6.42 Å². The molecule has 2 aromatic carbocycles. The molecule has 23 heavy (non-hydrogen) atoms. The van der Waals surface area contributed by atoms with Crippen molar-refractivity contribution >= 4 is 11.8 Å². The third kappa shape index (κ3) is 5.18. The maximum absolute atomic E-state index is 13.1. The molecule has 6 heteroatoms. The number of nitrogens with two attached hydrogens (primary N) is 1. The lowest BCUT2D eigenvalue weighted by Gasteiger charge is -2.15. The van der Waals surface area contributed by atoms with Crippen molar-refractivity contribution in [3.63, 3.8) is 0 Å². The Labute approximate surface area is 132 Å². The summed E-state index contributed by atoms with van der Waals surface area (Å²) >= 11 is 0. The van der Waals surface area contributed by atoms with Gasteiger partial charge < -0.3 is 11.1 Å². The molecule has 2 rings (SSSR count). The number of hydrogen-bond acceptors (Lipinski definition) is 2. The molecular weight excluding hydrogens is 302 g/mol. The Bertz CT molecular complexity index is 702. The molecule has 0 bridgehead atoms. The topological polar surface area (TPSA) is 72.2 Å². The number of carbonyl (C=O) groups excluding carboxylic acids is 2. The van der Waals surface area contributed by atoms with Gasteiger partial charge in [0.2, 0.25) is 11.8 Å². The fourth-order valence-electron chi connectivity index (χ4n) is 2.16. The monoisotopic (exact) mass is 318 g/mol. The van der Waals surface area contributed by atoms with Crippen LogP contribution in [-0.4, -0.2) is 17.9 Å². The van der Waals surface area contributed by atoms with Crippen molar-refractivity contribution in [3.05, 3.63) is 71.3 Å². The molecule has 2 aromatic rings. The van der Waals surface area contributed by atoms with Crippen LogP contribution in [-0.2, 0) is 22.4 Å². The highest BCUT2D eigenvalue weighted by molar-refractivity contribution is 5.87. The first kappa shape index (κ1) is 16.6. The van der Waals surface area contributed by atoms with Crippen molar-refractivity contribution < 1.29 is 18.4 Å². The summed E-state index contributed by atoms with van der Waals surface area (Å²) in [7, 11) is 0. The summed E-state index contributed by atoms with van der Waals surface area (Å²) < 4.78 is 26.0. The van der Waals surface area contributed by atoms with Crippen LogP contribution < -0.4 is 11.1 Å². The highest BCUT2D eigenvalue weighted by atomic mass is 19.1. The standard InChI is InChI=1S/C17H16F2N2O2/c18-13-6-4-11(5-7-13)9-15(17(20)23)21-16(22)10-12-2-1-3-14(19)8-12/h1-8,15H,9-10H2,(H2,20,23)(H,21,22)/t15-/m1/s1. The second-order valence-electron chi connectivity index (χ2n) is 5.16. The van der Waals surface area contributed by atoms with Crippen LogP contribution in [0.1, 0.15) is 11.1 Å². The molecule has 0 heterocycles. The predicted octanol–water partition coefficient (Wildman–Crippen LogP) is 1.72. The first-order chi connectivity index (χ1) is 10.9. The quantitative estimate of drug-likeness (QED) is 0.851. The van der Waals surface area contributed by atoms with Crippen molar-refractivity contribution in [2.24, 2.45) is 5.73 Å². The van der Waals surface area contributed by atoms with Crippen LogP contribution >= 0.6 is 0 Å². The molecule has 0 aromatic heterocycles. The van der Waals surface area contributed by atoms with Crippen molar-refractivity contribution in [2.75, 3.05) is 0 Å². The predicted molar refractivity (Wildman–Crippen MR) is 81.3 cm³/mol. The minimum atomic E-state index is -0.915. The Morgan fingerprint density at radius 1 is 1.00 bits per heavy atom. The Morgan fingerprint density at radius 3 is 2.30 bits per heavy atom. The van der Waals surface area contributed by atoms with Crippen LogP contribution in [0.25, 0.3) is 0 Å². The van der Waals surface area contributed by atoms with E-state index in [2.05, 4.69) is 5.32 Å². The fourth-order valence-corrected chi connectivity index (χ4v) is 2.16. The molecular formula is C17H16F2N2O2. The molecule has 0 saturated heterocycles. The zero-order chi connectivity index (χ0) is 16.8. The van der Waals surface area contributed by atoms with Gasteiger partial charge in [0.15, 0.2) is 0 Å². The lowest BCUT2D eigenvalue weighted by Crippen LogP contribution is -2.46. The van der Waals surface area contributed by atoms with E-state index in [1.54, 1.807) is 6.07 Å². The van der Waals surface area contributed by atoms with Crippen molar-refractivity contribution in [1.29, 1.82) is 0 Å².